The summed E-state index contributed by atoms with van der Waals surface area (Å²) in [6.07, 6.45) is 4.81. The first-order valence-electron chi connectivity index (χ1n) is 2.92. The van der Waals surface area contributed by atoms with Gasteiger partial charge in [0.2, 0.25) is 0 Å². The lowest BCUT2D eigenvalue weighted by molar-refractivity contribution is 1.13. The van der Waals surface area contributed by atoms with Crippen molar-refractivity contribution in [2.75, 3.05) is 0 Å². The summed E-state index contributed by atoms with van der Waals surface area (Å²) in [5, 5.41) is 0.892. The van der Waals surface area contributed by atoms with Crippen LogP contribution in [-0.2, 0) is 0 Å². The molecule has 0 saturated carbocycles. The number of hydrogen-bond donors (Lipinski definition) is 0. The maximum Gasteiger partial charge on any atom is 0.176 e. The van der Waals surface area contributed by atoms with Gasteiger partial charge in [-0.3, -0.25) is 4.40 Å². The summed E-state index contributed by atoms with van der Waals surface area (Å²) in [4.78, 5) is 7.80. The summed E-state index contributed by atoms with van der Waals surface area (Å²) < 4.78 is 1.66. The zero-order valence-electron chi connectivity index (χ0n) is 5.33. The van der Waals surface area contributed by atoms with Gasteiger partial charge in [0.25, 0.3) is 0 Å². The molecule has 0 aliphatic heterocycles. The molecule has 0 saturated heterocycles. The lowest BCUT2D eigenvalue weighted by atomic mass is 10.7. The van der Waals surface area contributed by atoms with E-state index >= 15 is 0 Å². The second-order valence-electron chi connectivity index (χ2n) is 1.99. The van der Waals surface area contributed by atoms with E-state index in [9.17, 15) is 0 Å². The van der Waals surface area contributed by atoms with Gasteiger partial charge in [-0.05, 0) is 0 Å². The van der Waals surface area contributed by atoms with Crippen LogP contribution in [0.15, 0.2) is 18.6 Å². The van der Waals surface area contributed by atoms with Crippen LogP contribution in [0, 0.1) is 0 Å². The normalized spacial score (nSPS) is 10.7. The lowest BCUT2D eigenvalue weighted by Crippen LogP contribution is -1.86. The summed E-state index contributed by atoms with van der Waals surface area (Å²) in [6, 6.07) is 0. The fourth-order valence-electron chi connectivity index (χ4n) is 0.858. The van der Waals surface area contributed by atoms with Crippen LogP contribution < -0.4 is 0 Å². The largest absolute Gasteiger partial charge is 0.286 e. The molecule has 0 amide bonds. The van der Waals surface area contributed by atoms with Crippen LogP contribution in [0.25, 0.3) is 5.65 Å². The van der Waals surface area contributed by atoms with E-state index in [1.54, 1.807) is 16.8 Å². The second kappa shape index (κ2) is 2.36. The first-order chi connectivity index (χ1) is 5.29. The molecule has 0 unspecified atom stereocenters. The highest BCUT2D eigenvalue weighted by Gasteiger charge is 2.03. The third kappa shape index (κ3) is 0.968. The van der Waals surface area contributed by atoms with Crippen molar-refractivity contribution in [1.29, 1.82) is 0 Å². The molecular formula is C6H3Cl2N3. The zero-order valence-corrected chi connectivity index (χ0v) is 6.84. The fraction of sp³-hybridized carbons (Fsp3) is 0. The number of imidazole rings is 1. The van der Waals surface area contributed by atoms with Crippen molar-refractivity contribution >= 4 is 28.8 Å². The monoisotopic (exact) mass is 187 g/mol. The molecule has 11 heavy (non-hydrogen) atoms. The number of fused-ring (bicyclic) bond motifs is 1. The Balaban J connectivity index is 2.94. The Morgan fingerprint density at radius 1 is 1.27 bits per heavy atom. The van der Waals surface area contributed by atoms with Crippen LogP contribution in [0.4, 0.5) is 0 Å². The average Bonchev–Trinajstić information content (AvgIpc) is 2.35. The number of hydrogen-bond acceptors (Lipinski definition) is 2. The van der Waals surface area contributed by atoms with E-state index in [0.717, 1.165) is 0 Å². The summed E-state index contributed by atoms with van der Waals surface area (Å²) >= 11 is 11.5. The molecule has 0 aliphatic carbocycles. The van der Waals surface area contributed by atoms with Gasteiger partial charge in [0.15, 0.2) is 10.8 Å². The van der Waals surface area contributed by atoms with Gasteiger partial charge >= 0.3 is 0 Å². The van der Waals surface area contributed by atoms with Crippen LogP contribution in [-0.4, -0.2) is 14.4 Å². The van der Waals surface area contributed by atoms with E-state index in [2.05, 4.69) is 9.97 Å². The van der Waals surface area contributed by atoms with Gasteiger partial charge in [0.05, 0.1) is 6.20 Å². The van der Waals surface area contributed by atoms with E-state index < -0.39 is 0 Å². The molecule has 3 nitrogen and oxygen atoms in total. The molecule has 0 fully saturated rings. The van der Waals surface area contributed by atoms with Crippen molar-refractivity contribution < 1.29 is 0 Å². The molecular weight excluding hydrogens is 185 g/mol. The summed E-state index contributed by atoms with van der Waals surface area (Å²) in [5.41, 5.74) is 0.583. The Labute approximate surface area is 72.6 Å². The lowest BCUT2D eigenvalue weighted by Gasteiger charge is -1.93. The fourth-order valence-corrected chi connectivity index (χ4v) is 1.24. The Kier molecular flexibility index (Phi) is 1.47. The maximum absolute atomic E-state index is 5.76. The molecule has 0 bridgehead atoms. The minimum absolute atomic E-state index is 0.361. The topological polar surface area (TPSA) is 30.2 Å². The van der Waals surface area contributed by atoms with Gasteiger partial charge in [-0.2, -0.15) is 0 Å². The summed E-state index contributed by atoms with van der Waals surface area (Å²) in [6.45, 7) is 0. The molecule has 2 rings (SSSR count). The number of nitrogens with zero attached hydrogens (tertiary/aromatic N) is 3. The number of aromatic nitrogens is 3. The standard InChI is InChI=1S/C6H3Cl2N3/c7-4-3-10-6-5(8)9-1-2-11(4)6/h1-3H. The van der Waals surface area contributed by atoms with Crippen molar-refractivity contribution in [3.63, 3.8) is 0 Å². The van der Waals surface area contributed by atoms with Crippen LogP contribution >= 0.6 is 23.2 Å². The van der Waals surface area contributed by atoms with Gasteiger partial charge in [-0.15, -0.1) is 0 Å². The zero-order chi connectivity index (χ0) is 7.84. The minimum atomic E-state index is 0.361. The smallest absolute Gasteiger partial charge is 0.176 e. The average molecular weight is 188 g/mol. The molecule has 56 valence electrons. The third-order valence-electron chi connectivity index (χ3n) is 1.34. The van der Waals surface area contributed by atoms with Crippen molar-refractivity contribution in [2.24, 2.45) is 0 Å². The third-order valence-corrected chi connectivity index (χ3v) is 1.89. The van der Waals surface area contributed by atoms with Crippen LogP contribution in [0.1, 0.15) is 0 Å². The van der Waals surface area contributed by atoms with Crippen molar-refractivity contribution in [3.8, 4) is 0 Å². The molecule has 0 aromatic carbocycles. The first kappa shape index (κ1) is 6.88. The Morgan fingerprint density at radius 3 is 2.82 bits per heavy atom. The first-order valence-corrected chi connectivity index (χ1v) is 3.67. The molecule has 0 N–H and O–H groups in total. The van der Waals surface area contributed by atoms with Crippen LogP contribution in [0.2, 0.25) is 10.3 Å². The highest BCUT2D eigenvalue weighted by molar-refractivity contribution is 6.33. The summed E-state index contributed by atoms with van der Waals surface area (Å²) in [7, 11) is 0. The second-order valence-corrected chi connectivity index (χ2v) is 2.74. The predicted octanol–water partition coefficient (Wildman–Crippen LogP) is 2.04. The van der Waals surface area contributed by atoms with E-state index in [0.29, 0.717) is 16.0 Å². The minimum Gasteiger partial charge on any atom is -0.286 e. The van der Waals surface area contributed by atoms with Crippen LogP contribution in [0.3, 0.4) is 0 Å². The SMILES string of the molecule is Clc1nccn2c(Cl)cnc12. The van der Waals surface area contributed by atoms with Crippen molar-refractivity contribution in [1.82, 2.24) is 14.4 Å². The van der Waals surface area contributed by atoms with E-state index in [-0.39, 0.29) is 0 Å². The molecule has 2 aromatic rings. The van der Waals surface area contributed by atoms with E-state index in [1.165, 1.54) is 6.20 Å². The van der Waals surface area contributed by atoms with Crippen molar-refractivity contribution in [3.05, 3.63) is 28.9 Å². The van der Waals surface area contributed by atoms with Gasteiger partial charge in [0.1, 0.15) is 5.15 Å². The maximum atomic E-state index is 5.76. The molecule has 0 atom stereocenters. The highest BCUT2D eigenvalue weighted by Crippen LogP contribution is 2.16. The predicted molar refractivity (Wildman–Crippen MR) is 43.0 cm³/mol. The van der Waals surface area contributed by atoms with Crippen LogP contribution in [0.5, 0.6) is 0 Å². The summed E-state index contributed by atoms with van der Waals surface area (Å²) in [5.74, 6) is 0. The number of halogens is 2. The van der Waals surface area contributed by atoms with Crippen molar-refractivity contribution in [2.45, 2.75) is 0 Å². The Bertz CT molecular complexity index is 396. The Morgan fingerprint density at radius 2 is 2.09 bits per heavy atom. The van der Waals surface area contributed by atoms with Gasteiger partial charge in [0, 0.05) is 12.4 Å². The molecule has 2 heterocycles. The van der Waals surface area contributed by atoms with Gasteiger partial charge in [-0.1, -0.05) is 23.2 Å². The number of rotatable bonds is 0. The molecule has 0 radical (unpaired) electrons. The Hall–Kier alpha value is -0.800. The molecule has 5 heteroatoms. The molecule has 0 aliphatic rings. The van der Waals surface area contributed by atoms with Gasteiger partial charge < -0.3 is 0 Å². The molecule has 2 aromatic heterocycles. The quantitative estimate of drug-likeness (QED) is 0.633. The van der Waals surface area contributed by atoms with E-state index in [4.69, 9.17) is 23.2 Å². The van der Waals surface area contributed by atoms with E-state index in [1.807, 2.05) is 0 Å². The molecule has 0 spiro atoms. The van der Waals surface area contributed by atoms with Gasteiger partial charge in [-0.25, -0.2) is 9.97 Å². The highest BCUT2D eigenvalue weighted by atomic mass is 35.5.